The monoisotopic (exact) mass is 202 g/mol. The molecule has 0 aliphatic carbocycles. The highest BCUT2D eigenvalue weighted by Gasteiger charge is 1.83. The number of unbranched alkanes of at least 4 members (excludes halogenated alkanes) is 2. The highest BCUT2D eigenvalue weighted by Crippen LogP contribution is 1.98. The van der Waals surface area contributed by atoms with E-state index in [0.29, 0.717) is 0 Å². The Balaban J connectivity index is 0. The van der Waals surface area contributed by atoms with E-state index < -0.39 is 9.60 Å². The van der Waals surface area contributed by atoms with Gasteiger partial charge in [0.2, 0.25) is 0 Å². The highest BCUT2D eigenvalue weighted by atomic mass is 36.0. The summed E-state index contributed by atoms with van der Waals surface area (Å²) in [6.45, 7) is 5.78. The molecule has 4 heteroatoms. The summed E-state index contributed by atoms with van der Waals surface area (Å²) in [4.78, 5) is 0. The van der Waals surface area contributed by atoms with E-state index in [1.807, 2.05) is 6.08 Å². The van der Waals surface area contributed by atoms with Gasteiger partial charge in [0.25, 0.3) is 0 Å². The Labute approximate surface area is 74.6 Å². The maximum absolute atomic E-state index is 9.09. The second kappa shape index (κ2) is 12.3. The SMILES string of the molecule is C=CCCCC.[O-][S+](Cl)Cl. The van der Waals surface area contributed by atoms with Crippen LogP contribution in [0.2, 0.25) is 0 Å². The summed E-state index contributed by atoms with van der Waals surface area (Å²) >= 11 is 0. The van der Waals surface area contributed by atoms with Crippen molar-refractivity contribution in [2.24, 2.45) is 0 Å². The van der Waals surface area contributed by atoms with Gasteiger partial charge in [0.05, 0.1) is 0 Å². The smallest absolute Gasteiger partial charge is 0.198 e. The lowest BCUT2D eigenvalue weighted by Gasteiger charge is -1.81. The molecule has 0 unspecified atom stereocenters. The summed E-state index contributed by atoms with van der Waals surface area (Å²) < 4.78 is 9.09. The predicted octanol–water partition coefficient (Wildman–Crippen LogP) is 3.41. The standard InChI is InChI=1S/C6H12.Cl2OS/c1-3-5-6-4-2;1-4(2)3/h3H,1,4-6H2,2H3;. The fourth-order valence-electron chi connectivity index (χ4n) is 0.348. The zero-order valence-electron chi connectivity index (χ0n) is 5.98. The molecule has 10 heavy (non-hydrogen) atoms. The van der Waals surface area contributed by atoms with Gasteiger partial charge in [-0.1, -0.05) is 25.8 Å². The lowest BCUT2D eigenvalue weighted by molar-refractivity contribution is 0.620. The summed E-state index contributed by atoms with van der Waals surface area (Å²) in [5.41, 5.74) is 0. The van der Waals surface area contributed by atoms with Crippen LogP contribution in [0, 0.1) is 0 Å². The Morgan fingerprint density at radius 1 is 1.60 bits per heavy atom. The van der Waals surface area contributed by atoms with Crippen LogP contribution in [0.4, 0.5) is 0 Å². The van der Waals surface area contributed by atoms with Crippen molar-refractivity contribution in [3.8, 4) is 0 Å². The molecule has 0 atom stereocenters. The van der Waals surface area contributed by atoms with Gasteiger partial charge in [-0.25, -0.2) is 0 Å². The first-order valence-corrected chi connectivity index (χ1v) is 5.80. The minimum atomic E-state index is -1.67. The van der Waals surface area contributed by atoms with Crippen molar-refractivity contribution in [1.29, 1.82) is 0 Å². The topological polar surface area (TPSA) is 23.1 Å². The Bertz CT molecular complexity index is 66.0. The molecule has 0 aliphatic rings. The third-order valence-electron chi connectivity index (χ3n) is 0.762. The molecule has 0 aromatic carbocycles. The van der Waals surface area contributed by atoms with E-state index in [-0.39, 0.29) is 0 Å². The summed E-state index contributed by atoms with van der Waals surface area (Å²) in [5.74, 6) is 0. The van der Waals surface area contributed by atoms with Gasteiger partial charge in [-0.2, -0.15) is 0 Å². The first kappa shape index (κ1) is 13.2. The summed E-state index contributed by atoms with van der Waals surface area (Å²) in [6.07, 6.45) is 5.72. The summed E-state index contributed by atoms with van der Waals surface area (Å²) in [6, 6.07) is 0. The average molecular weight is 203 g/mol. The van der Waals surface area contributed by atoms with Crippen LogP contribution in [0.25, 0.3) is 0 Å². The van der Waals surface area contributed by atoms with Crippen molar-refractivity contribution >= 4 is 31.0 Å². The van der Waals surface area contributed by atoms with E-state index >= 15 is 0 Å². The summed E-state index contributed by atoms with van der Waals surface area (Å²) in [5, 5.41) is 0. The molecule has 0 saturated heterocycles. The van der Waals surface area contributed by atoms with Crippen LogP contribution in [-0.4, -0.2) is 4.55 Å². The Morgan fingerprint density at radius 3 is 2.10 bits per heavy atom. The second-order valence-corrected chi connectivity index (χ2v) is 4.14. The molecule has 0 spiro atoms. The van der Waals surface area contributed by atoms with Crippen LogP contribution < -0.4 is 0 Å². The average Bonchev–Trinajstić information content (AvgIpc) is 1.82. The maximum Gasteiger partial charge on any atom is 0.198 e. The van der Waals surface area contributed by atoms with E-state index in [0.717, 1.165) is 0 Å². The van der Waals surface area contributed by atoms with Crippen LogP contribution in [0.3, 0.4) is 0 Å². The lowest BCUT2D eigenvalue weighted by Crippen LogP contribution is -1.63. The molecular formula is C6H12Cl2OS. The first-order chi connectivity index (χ1) is 4.65. The molecule has 1 nitrogen and oxygen atoms in total. The van der Waals surface area contributed by atoms with E-state index in [4.69, 9.17) is 4.55 Å². The van der Waals surface area contributed by atoms with Crippen molar-refractivity contribution < 1.29 is 4.55 Å². The molecule has 0 saturated carbocycles. The molecule has 0 rings (SSSR count). The summed E-state index contributed by atoms with van der Waals surface area (Å²) in [7, 11) is 7.36. The van der Waals surface area contributed by atoms with Gasteiger partial charge < -0.3 is 4.55 Å². The molecule has 0 radical (unpaired) electrons. The third kappa shape index (κ3) is 38.1. The molecule has 0 fully saturated rings. The molecule has 0 aliphatic heterocycles. The lowest BCUT2D eigenvalue weighted by atomic mass is 10.3. The number of halogens is 2. The zero-order chi connectivity index (χ0) is 8.41. The van der Waals surface area contributed by atoms with Crippen LogP contribution in [0.5, 0.6) is 0 Å². The molecule has 0 N–H and O–H groups in total. The van der Waals surface area contributed by atoms with Gasteiger partial charge in [-0.05, 0) is 6.42 Å². The molecule has 0 bridgehead atoms. The van der Waals surface area contributed by atoms with E-state index in [1.165, 1.54) is 19.3 Å². The zero-order valence-corrected chi connectivity index (χ0v) is 8.31. The van der Waals surface area contributed by atoms with Crippen molar-refractivity contribution in [2.75, 3.05) is 0 Å². The van der Waals surface area contributed by atoms with Crippen LogP contribution in [0.1, 0.15) is 26.2 Å². The Morgan fingerprint density at radius 2 is 2.00 bits per heavy atom. The number of allylic oxidation sites excluding steroid dienone is 1. The van der Waals surface area contributed by atoms with E-state index in [1.54, 1.807) is 0 Å². The van der Waals surface area contributed by atoms with Crippen molar-refractivity contribution in [2.45, 2.75) is 26.2 Å². The fourth-order valence-corrected chi connectivity index (χ4v) is 0.348. The van der Waals surface area contributed by atoms with Crippen LogP contribution in [0.15, 0.2) is 12.7 Å². The molecule has 0 aromatic rings. The van der Waals surface area contributed by atoms with Gasteiger partial charge in [-0.3, -0.25) is 0 Å². The Hall–Kier alpha value is 0.630. The first-order valence-electron chi connectivity index (χ1n) is 3.00. The predicted molar refractivity (Wildman–Crippen MR) is 49.6 cm³/mol. The third-order valence-corrected chi connectivity index (χ3v) is 0.762. The second-order valence-electron chi connectivity index (χ2n) is 1.62. The van der Waals surface area contributed by atoms with E-state index in [2.05, 4.69) is 34.9 Å². The quantitative estimate of drug-likeness (QED) is 0.391. The Kier molecular flexibility index (Phi) is 16.3. The minimum Gasteiger partial charge on any atom is -0.582 e. The van der Waals surface area contributed by atoms with Gasteiger partial charge in [0.1, 0.15) is 0 Å². The highest BCUT2D eigenvalue weighted by molar-refractivity contribution is 8.31. The number of rotatable bonds is 3. The van der Waals surface area contributed by atoms with Crippen LogP contribution in [-0.2, 0) is 9.60 Å². The molecular weight excluding hydrogens is 191 g/mol. The number of hydrogen-bond donors (Lipinski definition) is 0. The maximum atomic E-state index is 9.09. The van der Waals surface area contributed by atoms with Crippen molar-refractivity contribution in [3.63, 3.8) is 0 Å². The van der Waals surface area contributed by atoms with Crippen LogP contribution >= 0.6 is 21.4 Å². The normalized spacial score (nSPS) is 8.50. The van der Waals surface area contributed by atoms with Gasteiger partial charge in [-0.15, -0.1) is 6.58 Å². The largest absolute Gasteiger partial charge is 0.582 e. The molecule has 62 valence electrons. The minimum absolute atomic E-state index is 1.18. The molecule has 0 amide bonds. The number of hydrogen-bond acceptors (Lipinski definition) is 1. The van der Waals surface area contributed by atoms with Crippen molar-refractivity contribution in [3.05, 3.63) is 12.7 Å². The van der Waals surface area contributed by atoms with Gasteiger partial charge in [0, 0.05) is 0 Å². The fraction of sp³-hybridized carbons (Fsp3) is 0.667. The molecule has 0 heterocycles. The van der Waals surface area contributed by atoms with E-state index in [9.17, 15) is 0 Å². The molecule has 0 aromatic heterocycles. The van der Waals surface area contributed by atoms with Crippen molar-refractivity contribution in [1.82, 2.24) is 0 Å². The van der Waals surface area contributed by atoms with Gasteiger partial charge in [0.15, 0.2) is 31.0 Å². The van der Waals surface area contributed by atoms with Gasteiger partial charge >= 0.3 is 0 Å².